The van der Waals surface area contributed by atoms with Gasteiger partial charge in [-0.15, -0.1) is 0 Å². The van der Waals surface area contributed by atoms with Gasteiger partial charge in [-0.05, 0) is 52.7 Å². The van der Waals surface area contributed by atoms with Gasteiger partial charge in [0.1, 0.15) is 0 Å². The fraction of sp³-hybridized carbons (Fsp3) is 0.435. The van der Waals surface area contributed by atoms with E-state index in [9.17, 15) is 4.79 Å². The largest absolute Gasteiger partial charge is 0.359 e. The normalized spacial score (nSPS) is 18.3. The van der Waals surface area contributed by atoms with Gasteiger partial charge in [-0.3, -0.25) is 4.79 Å². The number of piperidine rings is 1. The van der Waals surface area contributed by atoms with Crippen LogP contribution in [0.1, 0.15) is 47.5 Å². The van der Waals surface area contributed by atoms with E-state index in [4.69, 9.17) is 4.98 Å². The molecule has 4 rings (SSSR count). The van der Waals surface area contributed by atoms with Crippen LogP contribution in [0.5, 0.6) is 0 Å². The first kappa shape index (κ1) is 20.3. The molecule has 2 aromatic heterocycles. The molecular formula is C23H30N6O. The van der Waals surface area contributed by atoms with Crippen molar-refractivity contribution < 1.29 is 4.79 Å². The molecule has 0 spiro atoms. The summed E-state index contributed by atoms with van der Waals surface area (Å²) < 4.78 is 0. The Balaban J connectivity index is 1.62. The number of carbonyl (C=O) groups excluding carboxylic acids is 1. The van der Waals surface area contributed by atoms with Gasteiger partial charge in [-0.2, -0.15) is 0 Å². The van der Waals surface area contributed by atoms with Crippen molar-refractivity contribution in [2.75, 3.05) is 10.6 Å². The fourth-order valence-corrected chi connectivity index (χ4v) is 4.85. The minimum absolute atomic E-state index is 0.0496. The second kappa shape index (κ2) is 7.40. The lowest BCUT2D eigenvalue weighted by Gasteiger charge is -2.46. The van der Waals surface area contributed by atoms with Crippen molar-refractivity contribution in [3.63, 3.8) is 0 Å². The van der Waals surface area contributed by atoms with Crippen molar-refractivity contribution >= 4 is 28.4 Å². The Kier molecular flexibility index (Phi) is 5.02. The molecule has 1 aliphatic heterocycles. The highest BCUT2D eigenvalue weighted by Crippen LogP contribution is 2.33. The summed E-state index contributed by atoms with van der Waals surface area (Å²) in [6, 6.07) is 8.05. The Morgan fingerprint density at radius 1 is 1.13 bits per heavy atom. The monoisotopic (exact) mass is 406 g/mol. The lowest BCUT2D eigenvalue weighted by molar-refractivity contribution is -0.114. The molecule has 1 fully saturated rings. The maximum absolute atomic E-state index is 11.5. The summed E-state index contributed by atoms with van der Waals surface area (Å²) in [5.74, 6) is 0.540. The SMILES string of the molecule is CC(=O)Nc1cccc2c(-c3ccnc(NC4CC(C)(C)NC(C)(C)C4)n3)c[nH]c12. The van der Waals surface area contributed by atoms with Crippen LogP contribution in [0.4, 0.5) is 11.6 Å². The Morgan fingerprint density at radius 2 is 1.87 bits per heavy atom. The summed E-state index contributed by atoms with van der Waals surface area (Å²) in [5, 5.41) is 11.1. The average molecular weight is 407 g/mol. The van der Waals surface area contributed by atoms with E-state index in [2.05, 4.69) is 53.6 Å². The topological polar surface area (TPSA) is 94.7 Å². The second-order valence-electron chi connectivity index (χ2n) is 9.52. The number of carbonyl (C=O) groups is 1. The highest BCUT2D eigenvalue weighted by Gasteiger charge is 2.37. The zero-order valence-corrected chi connectivity index (χ0v) is 18.3. The van der Waals surface area contributed by atoms with Gasteiger partial charge in [0, 0.05) is 47.4 Å². The number of nitrogens with one attached hydrogen (secondary N) is 4. The first-order valence-corrected chi connectivity index (χ1v) is 10.4. The molecule has 1 aromatic carbocycles. The zero-order valence-electron chi connectivity index (χ0n) is 18.3. The molecule has 30 heavy (non-hydrogen) atoms. The molecule has 7 nitrogen and oxygen atoms in total. The van der Waals surface area contributed by atoms with Crippen molar-refractivity contribution in [3.05, 3.63) is 36.7 Å². The number of rotatable bonds is 4. The van der Waals surface area contributed by atoms with Gasteiger partial charge in [0.25, 0.3) is 0 Å². The molecule has 0 radical (unpaired) electrons. The molecule has 7 heteroatoms. The summed E-state index contributed by atoms with van der Waals surface area (Å²) in [4.78, 5) is 24.0. The lowest BCUT2D eigenvalue weighted by Crippen LogP contribution is -2.60. The van der Waals surface area contributed by atoms with Gasteiger partial charge < -0.3 is 20.9 Å². The number of fused-ring (bicyclic) bond motifs is 1. The average Bonchev–Trinajstić information content (AvgIpc) is 3.04. The number of aromatic nitrogens is 3. The van der Waals surface area contributed by atoms with Crippen molar-refractivity contribution in [3.8, 4) is 11.3 Å². The zero-order chi connectivity index (χ0) is 21.5. The van der Waals surface area contributed by atoms with E-state index in [1.807, 2.05) is 30.5 Å². The summed E-state index contributed by atoms with van der Waals surface area (Å²) in [6.07, 6.45) is 5.71. The van der Waals surface area contributed by atoms with Crippen LogP contribution in [-0.2, 0) is 4.79 Å². The summed E-state index contributed by atoms with van der Waals surface area (Å²) >= 11 is 0. The predicted molar refractivity (Wildman–Crippen MR) is 122 cm³/mol. The quantitative estimate of drug-likeness (QED) is 0.518. The number of anilines is 2. The van der Waals surface area contributed by atoms with Crippen molar-refractivity contribution in [1.82, 2.24) is 20.3 Å². The molecule has 3 aromatic rings. The number of para-hydroxylation sites is 1. The van der Waals surface area contributed by atoms with E-state index in [0.717, 1.165) is 40.7 Å². The van der Waals surface area contributed by atoms with Crippen molar-refractivity contribution in [1.29, 1.82) is 0 Å². The standard InChI is InChI=1S/C23H30N6O/c1-14(30)26-19-8-6-7-16-17(13-25-20(16)19)18-9-10-24-21(28-18)27-15-11-22(2,3)29-23(4,5)12-15/h6-10,13,15,25,29H,11-12H2,1-5H3,(H,26,30)(H,24,27,28). The molecule has 0 aliphatic carbocycles. The molecule has 4 N–H and O–H groups in total. The van der Waals surface area contributed by atoms with E-state index in [0.29, 0.717) is 12.0 Å². The molecular weight excluding hydrogens is 376 g/mol. The van der Waals surface area contributed by atoms with E-state index in [1.165, 1.54) is 6.92 Å². The number of hydrogen-bond donors (Lipinski definition) is 4. The molecule has 1 saturated heterocycles. The third kappa shape index (κ3) is 4.31. The summed E-state index contributed by atoms with van der Waals surface area (Å²) in [7, 11) is 0. The van der Waals surface area contributed by atoms with Crippen LogP contribution >= 0.6 is 0 Å². The van der Waals surface area contributed by atoms with Gasteiger partial charge in [0.15, 0.2) is 0 Å². The van der Waals surface area contributed by atoms with Gasteiger partial charge in [-0.25, -0.2) is 9.97 Å². The van der Waals surface area contributed by atoms with E-state index in [-0.39, 0.29) is 17.0 Å². The number of hydrogen-bond acceptors (Lipinski definition) is 5. The van der Waals surface area contributed by atoms with Crippen LogP contribution in [0.15, 0.2) is 36.7 Å². The minimum atomic E-state index is -0.0972. The Morgan fingerprint density at radius 3 is 2.57 bits per heavy atom. The third-order valence-electron chi connectivity index (χ3n) is 5.48. The van der Waals surface area contributed by atoms with Crippen LogP contribution in [0.25, 0.3) is 22.2 Å². The smallest absolute Gasteiger partial charge is 0.223 e. The first-order chi connectivity index (χ1) is 14.1. The van der Waals surface area contributed by atoms with Crippen LogP contribution in [0, 0.1) is 0 Å². The number of H-pyrrole nitrogens is 1. The number of amides is 1. The maximum Gasteiger partial charge on any atom is 0.223 e. The molecule has 1 aliphatic rings. The third-order valence-corrected chi connectivity index (χ3v) is 5.48. The highest BCUT2D eigenvalue weighted by atomic mass is 16.1. The molecule has 3 heterocycles. The number of benzene rings is 1. The first-order valence-electron chi connectivity index (χ1n) is 10.4. The van der Waals surface area contributed by atoms with Crippen LogP contribution in [-0.4, -0.2) is 38.0 Å². The fourth-order valence-electron chi connectivity index (χ4n) is 4.85. The van der Waals surface area contributed by atoms with E-state index < -0.39 is 0 Å². The highest BCUT2D eigenvalue weighted by molar-refractivity contribution is 6.05. The molecule has 1 amide bonds. The van der Waals surface area contributed by atoms with Crippen LogP contribution in [0.3, 0.4) is 0 Å². The maximum atomic E-state index is 11.5. The van der Waals surface area contributed by atoms with Gasteiger partial charge in [0.2, 0.25) is 11.9 Å². The number of nitrogens with zero attached hydrogens (tertiary/aromatic N) is 2. The van der Waals surface area contributed by atoms with Gasteiger partial charge >= 0.3 is 0 Å². The second-order valence-corrected chi connectivity index (χ2v) is 9.52. The van der Waals surface area contributed by atoms with Crippen LogP contribution in [0.2, 0.25) is 0 Å². The molecule has 0 unspecified atom stereocenters. The molecule has 0 saturated carbocycles. The molecule has 0 bridgehead atoms. The lowest BCUT2D eigenvalue weighted by atomic mass is 9.80. The molecule has 158 valence electrons. The minimum Gasteiger partial charge on any atom is -0.359 e. The predicted octanol–water partition coefficient (Wildman–Crippen LogP) is 4.30. The molecule has 0 atom stereocenters. The summed E-state index contributed by atoms with van der Waals surface area (Å²) in [5.41, 5.74) is 3.57. The van der Waals surface area contributed by atoms with E-state index in [1.54, 1.807) is 6.20 Å². The van der Waals surface area contributed by atoms with Crippen molar-refractivity contribution in [2.45, 2.75) is 64.6 Å². The van der Waals surface area contributed by atoms with Crippen molar-refractivity contribution in [2.24, 2.45) is 0 Å². The Bertz CT molecular complexity index is 1070. The van der Waals surface area contributed by atoms with Crippen LogP contribution < -0.4 is 16.0 Å². The Hall–Kier alpha value is -2.93. The summed E-state index contributed by atoms with van der Waals surface area (Å²) in [6.45, 7) is 10.4. The van der Waals surface area contributed by atoms with Gasteiger partial charge in [0.05, 0.1) is 16.9 Å². The van der Waals surface area contributed by atoms with E-state index >= 15 is 0 Å². The Labute approximate surface area is 177 Å². The van der Waals surface area contributed by atoms with Gasteiger partial charge in [-0.1, -0.05) is 12.1 Å². The number of aromatic amines is 1.